The normalized spacial score (nSPS) is 14.7. The Labute approximate surface area is 160 Å². The van der Waals surface area contributed by atoms with E-state index in [2.05, 4.69) is 16.4 Å². The van der Waals surface area contributed by atoms with Crippen LogP contribution in [0.2, 0.25) is 10.0 Å². The number of rotatable bonds is 3. The summed E-state index contributed by atoms with van der Waals surface area (Å²) in [6.07, 6.45) is 3.66. The van der Waals surface area contributed by atoms with Gasteiger partial charge in [-0.2, -0.15) is 0 Å². The Morgan fingerprint density at radius 2 is 1.85 bits per heavy atom. The summed E-state index contributed by atoms with van der Waals surface area (Å²) >= 11 is 12.2. The fraction of sp³-hybridized carbons (Fsp3) is 0.200. The first kappa shape index (κ1) is 15.9. The summed E-state index contributed by atoms with van der Waals surface area (Å²) in [5, 5.41) is 5.48. The molecule has 0 amide bonds. The fourth-order valence-corrected chi connectivity index (χ4v) is 3.68. The number of pyridine rings is 1. The number of nitrogens with one attached hydrogen (secondary N) is 2. The van der Waals surface area contributed by atoms with Gasteiger partial charge in [0.25, 0.3) is 0 Å². The van der Waals surface area contributed by atoms with E-state index in [1.54, 1.807) is 12.1 Å². The Morgan fingerprint density at radius 3 is 2.62 bits per heavy atom. The number of hydrogen-bond acceptors (Lipinski definition) is 3. The van der Waals surface area contributed by atoms with Crippen LogP contribution in [0.25, 0.3) is 21.9 Å². The summed E-state index contributed by atoms with van der Waals surface area (Å²) in [6, 6.07) is 13.6. The van der Waals surface area contributed by atoms with E-state index in [0.29, 0.717) is 16.0 Å². The zero-order valence-corrected chi connectivity index (χ0v) is 15.4. The molecule has 1 fully saturated rings. The van der Waals surface area contributed by atoms with Crippen LogP contribution in [0, 0.1) is 0 Å². The second kappa shape index (κ2) is 6.15. The van der Waals surface area contributed by atoms with E-state index in [9.17, 15) is 0 Å². The van der Waals surface area contributed by atoms with Crippen molar-refractivity contribution in [2.75, 3.05) is 5.32 Å². The number of aromatic amines is 1. The molecule has 0 radical (unpaired) electrons. The smallest absolute Gasteiger partial charge is 0.159 e. The van der Waals surface area contributed by atoms with E-state index < -0.39 is 0 Å². The van der Waals surface area contributed by atoms with Crippen molar-refractivity contribution < 1.29 is 0 Å². The number of halogens is 2. The number of benzene rings is 2. The molecule has 1 saturated carbocycles. The second-order valence-electron chi connectivity index (χ2n) is 6.70. The minimum Gasteiger partial charge on any atom is -0.341 e. The molecule has 0 bridgehead atoms. The Hall–Kier alpha value is -2.30. The van der Waals surface area contributed by atoms with Gasteiger partial charge in [-0.25, -0.2) is 9.97 Å². The van der Waals surface area contributed by atoms with E-state index in [4.69, 9.17) is 33.2 Å². The van der Waals surface area contributed by atoms with Crippen LogP contribution in [0.4, 0.5) is 11.5 Å². The molecule has 1 aliphatic rings. The van der Waals surface area contributed by atoms with Crippen molar-refractivity contribution in [3.63, 3.8) is 0 Å². The lowest BCUT2D eigenvalue weighted by atomic mass is 9.85. The fourth-order valence-electron chi connectivity index (χ4n) is 3.39. The molecule has 4 aromatic rings. The Morgan fingerprint density at radius 1 is 1.00 bits per heavy atom. The van der Waals surface area contributed by atoms with Crippen LogP contribution in [0.1, 0.15) is 31.0 Å². The number of hydrogen-bond donors (Lipinski definition) is 2. The van der Waals surface area contributed by atoms with Crippen molar-refractivity contribution in [1.82, 2.24) is 15.0 Å². The maximum atomic E-state index is 6.15. The third kappa shape index (κ3) is 2.61. The molecular weight excluding hydrogens is 367 g/mol. The lowest BCUT2D eigenvalue weighted by Gasteiger charge is -2.22. The quantitative estimate of drug-likeness (QED) is 0.429. The summed E-state index contributed by atoms with van der Waals surface area (Å²) in [5.74, 6) is 2.31. The summed E-state index contributed by atoms with van der Waals surface area (Å²) in [4.78, 5) is 13.2. The number of nitrogens with zero attached hydrogens (tertiary/aromatic N) is 2. The maximum Gasteiger partial charge on any atom is 0.159 e. The largest absolute Gasteiger partial charge is 0.341 e. The first-order chi connectivity index (χ1) is 12.7. The van der Waals surface area contributed by atoms with Crippen molar-refractivity contribution in [2.45, 2.75) is 25.2 Å². The highest BCUT2D eigenvalue weighted by Gasteiger charge is 2.24. The van der Waals surface area contributed by atoms with Gasteiger partial charge in [0.1, 0.15) is 11.3 Å². The Balaban J connectivity index is 1.68. The van der Waals surface area contributed by atoms with Gasteiger partial charge in [-0.05, 0) is 37.1 Å². The monoisotopic (exact) mass is 382 g/mol. The standard InChI is InChI=1S/C20H16Cl2N4/c21-14-9-8-12(10-15(14)22)23-20-18-17(13-6-1-2-7-16(13)24-20)25-19(26-18)11-4-3-5-11/h1-2,6-11H,3-5H2,(H,23,24)(H,25,26). The van der Waals surface area contributed by atoms with Crippen molar-refractivity contribution in [3.05, 3.63) is 58.3 Å². The predicted molar refractivity (Wildman–Crippen MR) is 108 cm³/mol. The van der Waals surface area contributed by atoms with Gasteiger partial charge in [-0.3, -0.25) is 0 Å². The molecule has 130 valence electrons. The molecule has 0 atom stereocenters. The molecule has 2 N–H and O–H groups in total. The number of aromatic nitrogens is 3. The minimum absolute atomic E-state index is 0.505. The SMILES string of the molecule is Clc1ccc(Nc2nc3ccccc3c3[nH]c(C4CCC4)nc23)cc1Cl. The number of para-hydroxylation sites is 1. The summed E-state index contributed by atoms with van der Waals surface area (Å²) in [6.45, 7) is 0. The highest BCUT2D eigenvalue weighted by molar-refractivity contribution is 6.42. The van der Waals surface area contributed by atoms with E-state index in [-0.39, 0.29) is 0 Å². The molecule has 0 unspecified atom stereocenters. The van der Waals surface area contributed by atoms with Crippen LogP contribution in [0.5, 0.6) is 0 Å². The van der Waals surface area contributed by atoms with E-state index in [1.807, 2.05) is 24.3 Å². The highest BCUT2D eigenvalue weighted by Crippen LogP contribution is 2.38. The van der Waals surface area contributed by atoms with Crippen molar-refractivity contribution in [2.24, 2.45) is 0 Å². The zero-order chi connectivity index (χ0) is 17.7. The topological polar surface area (TPSA) is 53.6 Å². The van der Waals surface area contributed by atoms with E-state index in [1.165, 1.54) is 19.3 Å². The summed E-state index contributed by atoms with van der Waals surface area (Å²) in [7, 11) is 0. The average molecular weight is 383 g/mol. The van der Waals surface area contributed by atoms with Crippen molar-refractivity contribution >= 4 is 56.6 Å². The lowest BCUT2D eigenvalue weighted by molar-refractivity contribution is 0.405. The molecule has 5 rings (SSSR count). The first-order valence-corrected chi connectivity index (χ1v) is 9.45. The molecule has 0 aliphatic heterocycles. The maximum absolute atomic E-state index is 6.15. The molecule has 2 heterocycles. The van der Waals surface area contributed by atoms with Gasteiger partial charge in [0, 0.05) is 17.0 Å². The van der Waals surface area contributed by atoms with Gasteiger partial charge < -0.3 is 10.3 Å². The molecule has 0 spiro atoms. The number of imidazole rings is 1. The van der Waals surface area contributed by atoms with E-state index >= 15 is 0 Å². The zero-order valence-electron chi connectivity index (χ0n) is 13.9. The average Bonchev–Trinajstić information content (AvgIpc) is 3.02. The summed E-state index contributed by atoms with van der Waals surface area (Å²) < 4.78 is 0. The summed E-state index contributed by atoms with van der Waals surface area (Å²) in [5.41, 5.74) is 3.64. The van der Waals surface area contributed by atoms with Gasteiger partial charge >= 0.3 is 0 Å². The molecular formula is C20H16Cl2N4. The van der Waals surface area contributed by atoms with Gasteiger partial charge in [0.15, 0.2) is 5.82 Å². The molecule has 26 heavy (non-hydrogen) atoms. The Kier molecular flexibility index (Phi) is 3.76. The molecule has 4 nitrogen and oxygen atoms in total. The Bertz CT molecular complexity index is 1130. The third-order valence-electron chi connectivity index (χ3n) is 5.03. The number of H-pyrrole nitrogens is 1. The van der Waals surface area contributed by atoms with Crippen LogP contribution in [-0.2, 0) is 0 Å². The van der Waals surface area contributed by atoms with Crippen LogP contribution >= 0.6 is 23.2 Å². The van der Waals surface area contributed by atoms with E-state index in [0.717, 1.165) is 39.3 Å². The van der Waals surface area contributed by atoms with Gasteiger partial charge in [-0.15, -0.1) is 0 Å². The molecule has 1 aliphatic carbocycles. The molecule has 2 aromatic carbocycles. The van der Waals surface area contributed by atoms with Crippen LogP contribution in [0.15, 0.2) is 42.5 Å². The van der Waals surface area contributed by atoms with Crippen molar-refractivity contribution in [1.29, 1.82) is 0 Å². The number of fused-ring (bicyclic) bond motifs is 3. The molecule has 2 aromatic heterocycles. The van der Waals surface area contributed by atoms with Crippen LogP contribution < -0.4 is 5.32 Å². The number of anilines is 2. The first-order valence-electron chi connectivity index (χ1n) is 8.69. The minimum atomic E-state index is 0.505. The molecule has 0 saturated heterocycles. The second-order valence-corrected chi connectivity index (χ2v) is 7.52. The molecule has 6 heteroatoms. The highest BCUT2D eigenvalue weighted by atomic mass is 35.5. The van der Waals surface area contributed by atoms with Gasteiger partial charge in [0.2, 0.25) is 0 Å². The predicted octanol–water partition coefficient (Wildman–Crippen LogP) is 6.43. The lowest BCUT2D eigenvalue weighted by Crippen LogP contribution is -2.10. The van der Waals surface area contributed by atoms with Crippen molar-refractivity contribution in [3.8, 4) is 0 Å². The third-order valence-corrected chi connectivity index (χ3v) is 5.77. The van der Waals surface area contributed by atoms with Gasteiger partial charge in [-0.1, -0.05) is 47.8 Å². The van der Waals surface area contributed by atoms with Crippen LogP contribution in [0.3, 0.4) is 0 Å². The van der Waals surface area contributed by atoms with Gasteiger partial charge in [0.05, 0.1) is 21.1 Å². The van der Waals surface area contributed by atoms with Crippen LogP contribution in [-0.4, -0.2) is 15.0 Å².